The molecule has 1 aromatic rings. The lowest BCUT2D eigenvalue weighted by Gasteiger charge is -2.23. The molecule has 1 unspecified atom stereocenters. The van der Waals surface area contributed by atoms with Crippen molar-refractivity contribution in [3.05, 3.63) is 35.1 Å². The number of hydrogen-bond donors (Lipinski definition) is 2. The molecular formula is C18H30FN5. The highest BCUT2D eigenvalue weighted by atomic mass is 19.1. The second kappa shape index (κ2) is 8.99. The predicted molar refractivity (Wildman–Crippen MR) is 97.4 cm³/mol. The van der Waals surface area contributed by atoms with E-state index in [9.17, 15) is 4.39 Å². The lowest BCUT2D eigenvalue weighted by Crippen LogP contribution is -2.42. The Labute approximate surface area is 144 Å². The Morgan fingerprint density at radius 3 is 2.96 bits per heavy atom. The Morgan fingerprint density at radius 1 is 1.46 bits per heavy atom. The van der Waals surface area contributed by atoms with Crippen molar-refractivity contribution in [3.63, 3.8) is 0 Å². The van der Waals surface area contributed by atoms with Gasteiger partial charge in [-0.3, -0.25) is 4.90 Å². The van der Waals surface area contributed by atoms with Crippen molar-refractivity contribution in [2.24, 2.45) is 10.7 Å². The zero-order valence-corrected chi connectivity index (χ0v) is 15.1. The molecule has 5 nitrogen and oxygen atoms in total. The van der Waals surface area contributed by atoms with Crippen molar-refractivity contribution in [3.8, 4) is 0 Å². The molecule has 1 aromatic carbocycles. The van der Waals surface area contributed by atoms with E-state index in [1.807, 2.05) is 25.1 Å². The predicted octanol–water partition coefficient (Wildman–Crippen LogP) is 1.78. The van der Waals surface area contributed by atoms with Crippen LogP contribution in [0.5, 0.6) is 0 Å². The molecular weight excluding hydrogens is 305 g/mol. The van der Waals surface area contributed by atoms with Gasteiger partial charge < -0.3 is 16.0 Å². The SMILES string of the molecule is CCN1CCCC1CNC(N)=NCc1ccc(F)c(CN(C)C)c1. The molecule has 1 aliphatic heterocycles. The molecule has 134 valence electrons. The van der Waals surface area contributed by atoms with Gasteiger partial charge in [0.1, 0.15) is 5.82 Å². The molecule has 0 aromatic heterocycles. The Balaban J connectivity index is 1.87. The normalized spacial score (nSPS) is 19.2. The summed E-state index contributed by atoms with van der Waals surface area (Å²) in [7, 11) is 3.85. The van der Waals surface area contributed by atoms with E-state index >= 15 is 0 Å². The second-order valence-electron chi connectivity index (χ2n) is 6.67. The van der Waals surface area contributed by atoms with E-state index in [1.165, 1.54) is 25.5 Å². The molecule has 0 spiro atoms. The number of guanidine groups is 1. The largest absolute Gasteiger partial charge is 0.370 e. The Bertz CT molecular complexity index is 558. The number of hydrogen-bond acceptors (Lipinski definition) is 3. The topological polar surface area (TPSA) is 56.9 Å². The van der Waals surface area contributed by atoms with Crippen LogP contribution in [0.15, 0.2) is 23.2 Å². The number of benzene rings is 1. The van der Waals surface area contributed by atoms with Gasteiger partial charge in [-0.15, -0.1) is 0 Å². The average molecular weight is 335 g/mol. The van der Waals surface area contributed by atoms with Crippen molar-refractivity contribution in [2.45, 2.75) is 38.9 Å². The maximum Gasteiger partial charge on any atom is 0.188 e. The summed E-state index contributed by atoms with van der Waals surface area (Å²) in [5, 5.41) is 3.22. The lowest BCUT2D eigenvalue weighted by atomic mass is 10.1. The van der Waals surface area contributed by atoms with Gasteiger partial charge in [-0.05, 0) is 57.7 Å². The Hall–Kier alpha value is -1.66. The highest BCUT2D eigenvalue weighted by molar-refractivity contribution is 5.77. The summed E-state index contributed by atoms with van der Waals surface area (Å²) in [5.74, 6) is 0.278. The van der Waals surface area contributed by atoms with Crippen LogP contribution in [0.2, 0.25) is 0 Å². The van der Waals surface area contributed by atoms with Crippen LogP contribution in [0.25, 0.3) is 0 Å². The molecule has 0 bridgehead atoms. The standard InChI is InChI=1S/C18H30FN5/c1-4-24-9-5-6-16(24)12-22-18(20)21-11-14-7-8-17(19)15(10-14)13-23(2)3/h7-8,10,16H,4-6,9,11-13H2,1-3H3,(H3,20,21,22). The molecule has 1 fully saturated rings. The van der Waals surface area contributed by atoms with Gasteiger partial charge in [0, 0.05) is 24.7 Å². The van der Waals surface area contributed by atoms with Crippen molar-refractivity contribution in [2.75, 3.05) is 33.7 Å². The monoisotopic (exact) mass is 335 g/mol. The van der Waals surface area contributed by atoms with Gasteiger partial charge in [-0.1, -0.05) is 13.0 Å². The lowest BCUT2D eigenvalue weighted by molar-refractivity contribution is 0.267. The Morgan fingerprint density at radius 2 is 2.25 bits per heavy atom. The van der Waals surface area contributed by atoms with Crippen LogP contribution in [-0.2, 0) is 13.1 Å². The number of likely N-dealkylation sites (tertiary alicyclic amines) is 1. The smallest absolute Gasteiger partial charge is 0.188 e. The van der Waals surface area contributed by atoms with E-state index in [1.54, 1.807) is 6.07 Å². The molecule has 0 saturated carbocycles. The fourth-order valence-corrected chi connectivity index (χ4v) is 3.19. The van der Waals surface area contributed by atoms with Gasteiger partial charge in [-0.25, -0.2) is 9.38 Å². The molecule has 1 atom stereocenters. The van der Waals surface area contributed by atoms with E-state index < -0.39 is 0 Å². The molecule has 3 N–H and O–H groups in total. The zero-order chi connectivity index (χ0) is 17.5. The summed E-state index contributed by atoms with van der Waals surface area (Å²) in [6, 6.07) is 5.68. The summed E-state index contributed by atoms with van der Waals surface area (Å²) in [5.41, 5.74) is 7.62. The van der Waals surface area contributed by atoms with Crippen LogP contribution in [0, 0.1) is 5.82 Å². The van der Waals surface area contributed by atoms with Gasteiger partial charge in [0.25, 0.3) is 0 Å². The third kappa shape index (κ3) is 5.46. The number of nitrogens with zero attached hydrogens (tertiary/aromatic N) is 3. The third-order valence-corrected chi connectivity index (χ3v) is 4.45. The van der Waals surface area contributed by atoms with Crippen LogP contribution in [-0.4, -0.2) is 55.5 Å². The second-order valence-corrected chi connectivity index (χ2v) is 6.67. The average Bonchev–Trinajstić information content (AvgIpc) is 3.00. The number of aliphatic imine (C=N–C) groups is 1. The summed E-state index contributed by atoms with van der Waals surface area (Å²) < 4.78 is 13.8. The molecule has 1 saturated heterocycles. The van der Waals surface area contributed by atoms with Crippen LogP contribution >= 0.6 is 0 Å². The van der Waals surface area contributed by atoms with Crippen LogP contribution in [0.3, 0.4) is 0 Å². The first-order valence-corrected chi connectivity index (χ1v) is 8.69. The summed E-state index contributed by atoms with van der Waals surface area (Å²) in [6.07, 6.45) is 2.46. The Kier molecular flexibility index (Phi) is 6.99. The molecule has 24 heavy (non-hydrogen) atoms. The fraction of sp³-hybridized carbons (Fsp3) is 0.611. The van der Waals surface area contributed by atoms with E-state index in [2.05, 4.69) is 22.1 Å². The summed E-state index contributed by atoms with van der Waals surface area (Å²) in [4.78, 5) is 8.80. The number of likely N-dealkylation sites (N-methyl/N-ethyl adjacent to an activating group) is 1. The van der Waals surface area contributed by atoms with E-state index in [4.69, 9.17) is 5.73 Å². The summed E-state index contributed by atoms with van der Waals surface area (Å²) >= 11 is 0. The van der Waals surface area contributed by atoms with E-state index in [0.29, 0.717) is 30.7 Å². The third-order valence-electron chi connectivity index (χ3n) is 4.45. The van der Waals surface area contributed by atoms with Crippen LogP contribution < -0.4 is 11.1 Å². The number of rotatable bonds is 7. The highest BCUT2D eigenvalue weighted by Gasteiger charge is 2.22. The van der Waals surface area contributed by atoms with Gasteiger partial charge in [0.2, 0.25) is 0 Å². The van der Waals surface area contributed by atoms with Crippen molar-refractivity contribution >= 4 is 5.96 Å². The minimum Gasteiger partial charge on any atom is -0.370 e. The van der Waals surface area contributed by atoms with Crippen LogP contribution in [0.1, 0.15) is 30.9 Å². The van der Waals surface area contributed by atoms with Crippen molar-refractivity contribution < 1.29 is 4.39 Å². The molecule has 1 aliphatic rings. The first kappa shape index (κ1) is 18.7. The van der Waals surface area contributed by atoms with Gasteiger partial charge in [0.05, 0.1) is 6.54 Å². The molecule has 1 heterocycles. The highest BCUT2D eigenvalue weighted by Crippen LogP contribution is 2.15. The molecule has 0 radical (unpaired) electrons. The van der Waals surface area contributed by atoms with Gasteiger partial charge in [0.15, 0.2) is 5.96 Å². The number of nitrogens with one attached hydrogen (secondary N) is 1. The van der Waals surface area contributed by atoms with Crippen molar-refractivity contribution in [1.82, 2.24) is 15.1 Å². The summed E-state index contributed by atoms with van der Waals surface area (Å²) in [6.45, 7) is 6.30. The number of nitrogens with two attached hydrogens (primary N) is 1. The minimum absolute atomic E-state index is 0.177. The zero-order valence-electron chi connectivity index (χ0n) is 15.1. The molecule has 2 rings (SSSR count). The van der Waals surface area contributed by atoms with E-state index in [0.717, 1.165) is 18.7 Å². The first-order valence-electron chi connectivity index (χ1n) is 8.69. The maximum atomic E-state index is 13.8. The molecule has 0 amide bonds. The maximum absolute atomic E-state index is 13.8. The van der Waals surface area contributed by atoms with E-state index in [-0.39, 0.29) is 5.82 Å². The van der Waals surface area contributed by atoms with Gasteiger partial charge >= 0.3 is 0 Å². The first-order chi connectivity index (χ1) is 11.5. The minimum atomic E-state index is -0.177. The van der Waals surface area contributed by atoms with Crippen molar-refractivity contribution in [1.29, 1.82) is 0 Å². The van der Waals surface area contributed by atoms with Gasteiger partial charge in [-0.2, -0.15) is 0 Å². The quantitative estimate of drug-likeness (QED) is 0.589. The number of halogens is 1. The van der Waals surface area contributed by atoms with Crippen LogP contribution in [0.4, 0.5) is 4.39 Å². The molecule has 0 aliphatic carbocycles. The fourth-order valence-electron chi connectivity index (χ4n) is 3.19. The molecule has 6 heteroatoms.